The standard InChI is InChI=1S/C16H13.C8H13.Zr/c1-12-10-14-8-5-9-15(16(14)11-12)13-6-3-2-4-7-13;1-5-7(3)8(4)6-2;/h2-11H,1H3;5H,1-4H3;/q2*-1;+2/b;7-5+;. The minimum atomic E-state index is 0. The number of aryl methyl sites for hydroxylation is 1. The van der Waals surface area contributed by atoms with E-state index in [2.05, 4.69) is 93.6 Å². The van der Waals surface area contributed by atoms with Crippen LogP contribution in [0.4, 0.5) is 0 Å². The zero-order valence-corrected chi connectivity index (χ0v) is 18.3. The van der Waals surface area contributed by atoms with Crippen molar-refractivity contribution in [3.05, 3.63) is 89.5 Å². The zero-order valence-electron chi connectivity index (χ0n) is 15.9. The van der Waals surface area contributed by atoms with Crippen molar-refractivity contribution in [2.24, 2.45) is 0 Å². The first kappa shape index (κ1) is 21.5. The van der Waals surface area contributed by atoms with Crippen LogP contribution in [-0.2, 0) is 26.2 Å². The number of hydrogen-bond acceptors (Lipinski definition) is 0. The largest absolute Gasteiger partial charge is 2.00 e. The van der Waals surface area contributed by atoms with Crippen LogP contribution in [0.5, 0.6) is 0 Å². The molecule has 0 bridgehead atoms. The number of allylic oxidation sites excluding steroid dienone is 4. The summed E-state index contributed by atoms with van der Waals surface area (Å²) in [7, 11) is 0. The fourth-order valence-corrected chi connectivity index (χ4v) is 2.67. The van der Waals surface area contributed by atoms with Crippen LogP contribution >= 0.6 is 0 Å². The average Bonchev–Trinajstić information content (AvgIpc) is 3.01. The van der Waals surface area contributed by atoms with Crippen molar-refractivity contribution < 1.29 is 26.2 Å². The zero-order chi connectivity index (χ0) is 17.5. The van der Waals surface area contributed by atoms with Crippen LogP contribution < -0.4 is 0 Å². The smallest absolute Gasteiger partial charge is 0.275 e. The molecule has 3 rings (SSSR count). The van der Waals surface area contributed by atoms with E-state index < -0.39 is 0 Å². The Morgan fingerprint density at radius 1 is 1.00 bits per heavy atom. The van der Waals surface area contributed by atoms with Crippen LogP contribution in [0.15, 0.2) is 77.9 Å². The van der Waals surface area contributed by atoms with Gasteiger partial charge in [0.2, 0.25) is 0 Å². The van der Waals surface area contributed by atoms with Crippen molar-refractivity contribution in [1.82, 2.24) is 0 Å². The Morgan fingerprint density at radius 2 is 1.68 bits per heavy atom. The molecule has 3 aromatic rings. The molecule has 0 saturated heterocycles. The third kappa shape index (κ3) is 5.72. The molecule has 0 aliphatic rings. The predicted molar refractivity (Wildman–Crippen MR) is 107 cm³/mol. The Bertz CT molecular complexity index is 832. The molecule has 0 aliphatic heterocycles. The number of rotatable bonds is 2. The van der Waals surface area contributed by atoms with Gasteiger partial charge in [0.1, 0.15) is 0 Å². The Hall–Kier alpha value is -1.59. The maximum Gasteiger partial charge on any atom is 2.00 e. The van der Waals surface area contributed by atoms with Gasteiger partial charge in [-0.1, -0.05) is 62.7 Å². The van der Waals surface area contributed by atoms with E-state index in [9.17, 15) is 0 Å². The van der Waals surface area contributed by atoms with E-state index >= 15 is 0 Å². The molecular formula is C24H26Zr. The predicted octanol–water partition coefficient (Wildman–Crippen LogP) is 7.25. The minimum absolute atomic E-state index is 0. The Labute approximate surface area is 171 Å². The van der Waals surface area contributed by atoms with Gasteiger partial charge in [0.15, 0.2) is 0 Å². The number of hydrogen-bond donors (Lipinski definition) is 0. The first-order valence-electron chi connectivity index (χ1n) is 8.43. The summed E-state index contributed by atoms with van der Waals surface area (Å²) in [5, 5.41) is 2.69. The second-order valence-electron chi connectivity index (χ2n) is 6.05. The molecular weight excluding hydrogens is 379 g/mol. The van der Waals surface area contributed by atoms with Gasteiger partial charge < -0.3 is 0 Å². The molecule has 0 nitrogen and oxygen atoms in total. The summed E-state index contributed by atoms with van der Waals surface area (Å²) >= 11 is 0. The van der Waals surface area contributed by atoms with Gasteiger partial charge in [0, 0.05) is 0 Å². The molecule has 0 heterocycles. The normalized spacial score (nSPS) is 11.6. The van der Waals surface area contributed by atoms with Gasteiger partial charge in [-0.05, 0) is 5.56 Å². The second kappa shape index (κ2) is 10.4. The summed E-state index contributed by atoms with van der Waals surface area (Å²) in [4.78, 5) is 0. The van der Waals surface area contributed by atoms with Crippen molar-refractivity contribution in [1.29, 1.82) is 0 Å². The van der Waals surface area contributed by atoms with Gasteiger partial charge in [-0.3, -0.25) is 6.08 Å². The molecule has 1 heteroatoms. The van der Waals surface area contributed by atoms with Crippen molar-refractivity contribution in [3.63, 3.8) is 0 Å². The molecule has 0 aromatic heterocycles. The van der Waals surface area contributed by atoms with Gasteiger partial charge in [0.25, 0.3) is 0 Å². The van der Waals surface area contributed by atoms with Crippen molar-refractivity contribution in [2.75, 3.05) is 0 Å². The first-order valence-corrected chi connectivity index (χ1v) is 8.43. The SMILES string of the molecule is C[C-]=C(C)/C(C)=C/C.Cc1cc2c(-c3ccccc3)cccc2[cH-]1.[Zr+2]. The maximum absolute atomic E-state index is 3.06. The number of benzene rings is 2. The molecule has 0 saturated carbocycles. The van der Waals surface area contributed by atoms with Crippen LogP contribution in [0.2, 0.25) is 0 Å². The molecule has 3 aromatic carbocycles. The van der Waals surface area contributed by atoms with Crippen molar-refractivity contribution >= 4 is 10.8 Å². The molecule has 126 valence electrons. The molecule has 0 atom stereocenters. The van der Waals surface area contributed by atoms with Gasteiger partial charge in [-0.25, -0.2) is 11.1 Å². The molecule has 0 unspecified atom stereocenters. The molecule has 0 fully saturated rings. The average molecular weight is 406 g/mol. The Kier molecular flexibility index (Phi) is 8.94. The third-order valence-electron chi connectivity index (χ3n) is 4.38. The molecule has 25 heavy (non-hydrogen) atoms. The van der Waals surface area contributed by atoms with Crippen molar-refractivity contribution in [2.45, 2.75) is 34.6 Å². The van der Waals surface area contributed by atoms with Gasteiger partial charge >= 0.3 is 26.2 Å². The molecule has 0 aliphatic carbocycles. The Balaban J connectivity index is 0.000000301. The van der Waals surface area contributed by atoms with E-state index in [-0.39, 0.29) is 26.2 Å². The van der Waals surface area contributed by atoms with Gasteiger partial charge in [-0.2, -0.15) is 12.1 Å². The maximum atomic E-state index is 3.06. The summed E-state index contributed by atoms with van der Waals surface area (Å²) in [6.45, 7) is 10.3. The second-order valence-corrected chi connectivity index (χ2v) is 6.05. The third-order valence-corrected chi connectivity index (χ3v) is 4.38. The summed E-state index contributed by atoms with van der Waals surface area (Å²) in [6.07, 6.45) is 5.15. The summed E-state index contributed by atoms with van der Waals surface area (Å²) in [5.74, 6) is 0. The van der Waals surface area contributed by atoms with Crippen molar-refractivity contribution in [3.8, 4) is 11.1 Å². The van der Waals surface area contributed by atoms with Crippen LogP contribution in [0.3, 0.4) is 0 Å². The minimum Gasteiger partial charge on any atom is -0.275 e. The van der Waals surface area contributed by atoms with E-state index in [1.807, 2.05) is 13.8 Å². The van der Waals surface area contributed by atoms with E-state index in [4.69, 9.17) is 0 Å². The summed E-state index contributed by atoms with van der Waals surface area (Å²) in [5.41, 5.74) is 6.50. The molecule has 0 N–H and O–H groups in total. The summed E-state index contributed by atoms with van der Waals surface area (Å²) in [6, 6.07) is 21.6. The van der Waals surface area contributed by atoms with Crippen LogP contribution in [0.25, 0.3) is 21.9 Å². The topological polar surface area (TPSA) is 0 Å². The van der Waals surface area contributed by atoms with Crippen LogP contribution in [-0.4, -0.2) is 0 Å². The summed E-state index contributed by atoms with van der Waals surface area (Å²) < 4.78 is 0. The molecule has 0 amide bonds. The monoisotopic (exact) mass is 404 g/mol. The molecule has 0 spiro atoms. The fraction of sp³-hybridized carbons (Fsp3) is 0.208. The van der Waals surface area contributed by atoms with Gasteiger partial charge in [0.05, 0.1) is 0 Å². The van der Waals surface area contributed by atoms with E-state index in [0.29, 0.717) is 0 Å². The van der Waals surface area contributed by atoms with Crippen LogP contribution in [0.1, 0.15) is 33.3 Å². The van der Waals surface area contributed by atoms with E-state index in [0.717, 1.165) is 0 Å². The van der Waals surface area contributed by atoms with E-state index in [1.165, 1.54) is 38.6 Å². The quantitative estimate of drug-likeness (QED) is 0.311. The fourth-order valence-electron chi connectivity index (χ4n) is 2.67. The van der Waals surface area contributed by atoms with Crippen LogP contribution in [0, 0.1) is 13.0 Å². The first-order chi connectivity index (χ1) is 11.6. The van der Waals surface area contributed by atoms with Gasteiger partial charge in [-0.15, -0.1) is 48.4 Å². The Morgan fingerprint density at radius 3 is 2.24 bits per heavy atom. The molecule has 0 radical (unpaired) electrons. The van der Waals surface area contributed by atoms with E-state index in [1.54, 1.807) is 0 Å². The number of fused-ring (bicyclic) bond motifs is 1.